The first-order chi connectivity index (χ1) is 8.15. The third-order valence-corrected chi connectivity index (χ3v) is 4.94. The third kappa shape index (κ3) is 3.96. The largest absolute Gasteiger partial charge is 0.311 e. The van der Waals surface area contributed by atoms with E-state index in [1.165, 1.54) is 51.5 Å². The van der Waals surface area contributed by atoms with Gasteiger partial charge in [-0.05, 0) is 58.5 Å². The Labute approximate surface area is 107 Å². The summed E-state index contributed by atoms with van der Waals surface area (Å²) in [7, 11) is 2.26. The van der Waals surface area contributed by atoms with Gasteiger partial charge in [0.2, 0.25) is 0 Å². The predicted octanol–water partition coefficient (Wildman–Crippen LogP) is 3.03. The summed E-state index contributed by atoms with van der Waals surface area (Å²) >= 11 is 0. The quantitative estimate of drug-likeness (QED) is 0.744. The van der Waals surface area contributed by atoms with Gasteiger partial charge in [0.1, 0.15) is 0 Å². The minimum absolute atomic E-state index is 0.756. The first kappa shape index (κ1) is 13.4. The Morgan fingerprint density at radius 3 is 2.53 bits per heavy atom. The average Bonchev–Trinajstić information content (AvgIpc) is 2.49. The zero-order chi connectivity index (χ0) is 12.3. The lowest BCUT2D eigenvalue weighted by Gasteiger charge is -2.37. The van der Waals surface area contributed by atoms with Crippen LogP contribution in [0.25, 0.3) is 0 Å². The molecule has 2 aliphatic rings. The van der Waals surface area contributed by atoms with E-state index in [4.69, 9.17) is 0 Å². The Bertz CT molecular complexity index is 227. The van der Waals surface area contributed by atoms with Crippen LogP contribution in [0.1, 0.15) is 58.8 Å². The molecule has 0 aromatic rings. The number of hydrogen-bond acceptors (Lipinski definition) is 2. The molecule has 100 valence electrons. The van der Waals surface area contributed by atoms with Crippen LogP contribution in [0.15, 0.2) is 0 Å². The lowest BCUT2D eigenvalue weighted by Crippen LogP contribution is -2.48. The van der Waals surface area contributed by atoms with E-state index in [9.17, 15) is 0 Å². The molecule has 1 heterocycles. The molecule has 2 heteroatoms. The number of nitrogens with one attached hydrogen (secondary N) is 1. The lowest BCUT2D eigenvalue weighted by atomic mass is 9.96. The minimum Gasteiger partial charge on any atom is -0.311 e. The predicted molar refractivity (Wildman–Crippen MR) is 74.3 cm³/mol. The highest BCUT2D eigenvalue weighted by atomic mass is 15.1. The summed E-state index contributed by atoms with van der Waals surface area (Å²) < 4.78 is 0. The van der Waals surface area contributed by atoms with Crippen molar-refractivity contribution in [1.82, 2.24) is 10.2 Å². The summed E-state index contributed by atoms with van der Waals surface area (Å²) in [4.78, 5) is 2.49. The van der Waals surface area contributed by atoms with Gasteiger partial charge in [-0.25, -0.2) is 0 Å². The number of hydrogen-bond donors (Lipinski definition) is 1. The van der Waals surface area contributed by atoms with E-state index in [0.717, 1.165) is 24.0 Å². The van der Waals surface area contributed by atoms with Crippen molar-refractivity contribution in [2.45, 2.75) is 76.9 Å². The van der Waals surface area contributed by atoms with Gasteiger partial charge < -0.3 is 10.2 Å². The van der Waals surface area contributed by atoms with Crippen molar-refractivity contribution in [2.75, 3.05) is 13.6 Å². The van der Waals surface area contributed by atoms with E-state index in [-0.39, 0.29) is 0 Å². The van der Waals surface area contributed by atoms with Crippen LogP contribution in [0.2, 0.25) is 0 Å². The van der Waals surface area contributed by atoms with Gasteiger partial charge in [-0.1, -0.05) is 19.8 Å². The van der Waals surface area contributed by atoms with Crippen LogP contribution in [0.3, 0.4) is 0 Å². The van der Waals surface area contributed by atoms with Crippen molar-refractivity contribution in [3.8, 4) is 0 Å². The normalized spacial score (nSPS) is 41.1. The maximum absolute atomic E-state index is 3.94. The third-order valence-electron chi connectivity index (χ3n) is 4.94. The first-order valence-electron chi connectivity index (χ1n) is 7.61. The summed E-state index contributed by atoms with van der Waals surface area (Å²) in [5.74, 6) is 0.957. The van der Waals surface area contributed by atoms with E-state index in [0.29, 0.717) is 0 Å². The van der Waals surface area contributed by atoms with Gasteiger partial charge in [-0.15, -0.1) is 0 Å². The number of rotatable bonds is 2. The molecule has 0 amide bonds. The van der Waals surface area contributed by atoms with E-state index < -0.39 is 0 Å². The molecule has 17 heavy (non-hydrogen) atoms. The van der Waals surface area contributed by atoms with Crippen molar-refractivity contribution in [3.05, 3.63) is 0 Å². The van der Waals surface area contributed by atoms with Crippen molar-refractivity contribution < 1.29 is 0 Å². The van der Waals surface area contributed by atoms with Crippen molar-refractivity contribution in [2.24, 2.45) is 5.92 Å². The lowest BCUT2D eigenvalue weighted by molar-refractivity contribution is 0.160. The fourth-order valence-corrected chi connectivity index (χ4v) is 3.43. The summed E-state index contributed by atoms with van der Waals surface area (Å²) in [5.41, 5.74) is 0. The van der Waals surface area contributed by atoms with Crippen molar-refractivity contribution >= 4 is 0 Å². The van der Waals surface area contributed by atoms with Gasteiger partial charge in [0.15, 0.2) is 0 Å². The Morgan fingerprint density at radius 2 is 1.76 bits per heavy atom. The Morgan fingerprint density at radius 1 is 0.941 bits per heavy atom. The van der Waals surface area contributed by atoms with Gasteiger partial charge >= 0.3 is 0 Å². The summed E-state index contributed by atoms with van der Waals surface area (Å²) in [6, 6.07) is 2.34. The molecule has 2 rings (SSSR count). The zero-order valence-corrected chi connectivity index (χ0v) is 11.9. The maximum Gasteiger partial charge on any atom is 0.00966 e. The first-order valence-corrected chi connectivity index (χ1v) is 7.61. The molecule has 0 aromatic heterocycles. The van der Waals surface area contributed by atoms with Crippen molar-refractivity contribution in [1.29, 1.82) is 0 Å². The molecule has 0 radical (unpaired) electrons. The number of nitrogens with zero attached hydrogens (tertiary/aromatic N) is 1. The van der Waals surface area contributed by atoms with Crippen LogP contribution in [0, 0.1) is 5.92 Å². The molecule has 4 unspecified atom stereocenters. The van der Waals surface area contributed by atoms with E-state index in [2.05, 4.69) is 31.1 Å². The highest BCUT2D eigenvalue weighted by Crippen LogP contribution is 2.24. The zero-order valence-electron chi connectivity index (χ0n) is 11.9. The Hall–Kier alpha value is -0.0800. The number of piperidine rings is 1. The SMILES string of the molecule is CC1CCCC(NC2CCN(C)C(C)C2)CC1. The molecule has 0 spiro atoms. The topological polar surface area (TPSA) is 15.3 Å². The monoisotopic (exact) mass is 238 g/mol. The van der Waals surface area contributed by atoms with E-state index in [1.54, 1.807) is 0 Å². The molecular formula is C15H30N2. The smallest absolute Gasteiger partial charge is 0.00966 e. The molecule has 2 fully saturated rings. The molecular weight excluding hydrogens is 208 g/mol. The van der Waals surface area contributed by atoms with Gasteiger partial charge in [-0.2, -0.15) is 0 Å². The summed E-state index contributed by atoms with van der Waals surface area (Å²) in [6.07, 6.45) is 9.80. The second-order valence-electron chi connectivity index (χ2n) is 6.53. The molecule has 2 nitrogen and oxygen atoms in total. The van der Waals surface area contributed by atoms with Gasteiger partial charge in [0, 0.05) is 18.1 Å². The van der Waals surface area contributed by atoms with E-state index >= 15 is 0 Å². The van der Waals surface area contributed by atoms with Gasteiger partial charge in [0.25, 0.3) is 0 Å². The van der Waals surface area contributed by atoms with Gasteiger partial charge in [0.05, 0.1) is 0 Å². The molecule has 1 aliphatic carbocycles. The van der Waals surface area contributed by atoms with Gasteiger partial charge in [-0.3, -0.25) is 0 Å². The van der Waals surface area contributed by atoms with Crippen LogP contribution < -0.4 is 5.32 Å². The fraction of sp³-hybridized carbons (Fsp3) is 1.00. The second-order valence-corrected chi connectivity index (χ2v) is 6.53. The van der Waals surface area contributed by atoms with Crippen LogP contribution in [0.4, 0.5) is 0 Å². The molecule has 1 N–H and O–H groups in total. The Kier molecular flexibility index (Phi) is 4.87. The Balaban J connectivity index is 1.76. The standard InChI is InChI=1S/C15H30N2/c1-12-5-4-6-14(8-7-12)16-15-9-10-17(3)13(2)11-15/h12-16H,4-11H2,1-3H3. The molecule has 0 bridgehead atoms. The molecule has 4 atom stereocenters. The van der Waals surface area contributed by atoms with Crippen LogP contribution in [0.5, 0.6) is 0 Å². The molecule has 1 aliphatic heterocycles. The summed E-state index contributed by atoms with van der Waals surface area (Å²) in [6.45, 7) is 6.05. The fourth-order valence-electron chi connectivity index (χ4n) is 3.43. The summed E-state index contributed by atoms with van der Waals surface area (Å²) in [5, 5.41) is 3.94. The molecule has 1 saturated carbocycles. The average molecular weight is 238 g/mol. The number of likely N-dealkylation sites (tertiary alicyclic amines) is 1. The van der Waals surface area contributed by atoms with Crippen LogP contribution >= 0.6 is 0 Å². The van der Waals surface area contributed by atoms with Crippen molar-refractivity contribution in [3.63, 3.8) is 0 Å². The highest BCUT2D eigenvalue weighted by molar-refractivity contribution is 4.84. The minimum atomic E-state index is 0.756. The second kappa shape index (κ2) is 6.19. The van der Waals surface area contributed by atoms with Crippen LogP contribution in [-0.2, 0) is 0 Å². The highest BCUT2D eigenvalue weighted by Gasteiger charge is 2.25. The van der Waals surface area contributed by atoms with Crippen LogP contribution in [-0.4, -0.2) is 36.6 Å². The van der Waals surface area contributed by atoms with E-state index in [1.807, 2.05) is 0 Å². The maximum atomic E-state index is 3.94. The molecule has 1 saturated heterocycles. The molecule has 0 aromatic carbocycles.